The van der Waals surface area contributed by atoms with Crippen molar-refractivity contribution in [1.82, 2.24) is 4.90 Å². The van der Waals surface area contributed by atoms with E-state index in [-0.39, 0.29) is 11.5 Å². The molecule has 0 radical (unpaired) electrons. The number of rotatable bonds is 4. The zero-order chi connectivity index (χ0) is 15.4. The molecule has 0 fully saturated rings. The second-order valence-corrected chi connectivity index (χ2v) is 5.12. The second-order valence-electron chi connectivity index (χ2n) is 4.69. The van der Waals surface area contributed by atoms with E-state index in [1.807, 2.05) is 19.1 Å². The van der Waals surface area contributed by atoms with Gasteiger partial charge in [0.15, 0.2) is 0 Å². The van der Waals surface area contributed by atoms with Crippen molar-refractivity contribution in [2.24, 2.45) is 0 Å². The minimum absolute atomic E-state index is 0.0141. The van der Waals surface area contributed by atoms with Crippen LogP contribution in [0.25, 0.3) is 0 Å². The Labute approximate surface area is 128 Å². The number of benzene rings is 2. The Kier molecular flexibility index (Phi) is 4.81. The lowest BCUT2D eigenvalue weighted by atomic mass is 10.1. The third-order valence-electron chi connectivity index (χ3n) is 3.18. The number of anilines is 1. The minimum Gasteiger partial charge on any atom is -0.399 e. The summed E-state index contributed by atoms with van der Waals surface area (Å²) >= 11 is 5.84. The van der Waals surface area contributed by atoms with E-state index in [9.17, 15) is 9.18 Å². The normalized spacial score (nSPS) is 10.4. The molecule has 110 valence electrons. The van der Waals surface area contributed by atoms with E-state index in [2.05, 4.69) is 0 Å². The predicted molar refractivity (Wildman–Crippen MR) is 82.7 cm³/mol. The largest absolute Gasteiger partial charge is 0.399 e. The standard InChI is InChI=1S/C16H16ClFN2O/c1-2-20(10-11-3-6-13(19)7-4-11)16(21)14-9-12(17)5-8-15(14)18/h3-9H,2,10,19H2,1H3. The minimum atomic E-state index is -0.569. The van der Waals surface area contributed by atoms with Gasteiger partial charge in [0, 0.05) is 23.8 Å². The lowest BCUT2D eigenvalue weighted by molar-refractivity contribution is 0.0748. The summed E-state index contributed by atoms with van der Waals surface area (Å²) < 4.78 is 13.8. The summed E-state index contributed by atoms with van der Waals surface area (Å²) in [6.07, 6.45) is 0. The summed E-state index contributed by atoms with van der Waals surface area (Å²) in [6, 6.07) is 11.2. The molecule has 0 spiro atoms. The van der Waals surface area contributed by atoms with Crippen LogP contribution in [0.15, 0.2) is 42.5 Å². The van der Waals surface area contributed by atoms with Gasteiger partial charge in [-0.25, -0.2) is 4.39 Å². The summed E-state index contributed by atoms with van der Waals surface area (Å²) in [5, 5.41) is 0.336. The number of nitrogen functional groups attached to an aromatic ring is 1. The molecule has 0 saturated heterocycles. The van der Waals surface area contributed by atoms with Crippen LogP contribution in [0.4, 0.5) is 10.1 Å². The fourth-order valence-corrected chi connectivity index (χ4v) is 2.17. The Hall–Kier alpha value is -2.07. The number of carbonyl (C=O) groups is 1. The van der Waals surface area contributed by atoms with Gasteiger partial charge in [-0.3, -0.25) is 4.79 Å². The van der Waals surface area contributed by atoms with Crippen molar-refractivity contribution in [3.8, 4) is 0 Å². The molecule has 2 aromatic carbocycles. The molecule has 0 unspecified atom stereocenters. The Balaban J connectivity index is 2.22. The Morgan fingerprint density at radius 3 is 2.52 bits per heavy atom. The number of nitrogens with two attached hydrogens (primary N) is 1. The SMILES string of the molecule is CCN(Cc1ccc(N)cc1)C(=O)c1cc(Cl)ccc1F. The van der Waals surface area contributed by atoms with E-state index in [0.717, 1.165) is 5.56 Å². The third-order valence-corrected chi connectivity index (χ3v) is 3.42. The van der Waals surface area contributed by atoms with Crippen molar-refractivity contribution in [3.05, 3.63) is 64.4 Å². The number of hydrogen-bond acceptors (Lipinski definition) is 2. The van der Waals surface area contributed by atoms with Gasteiger partial charge in [-0.15, -0.1) is 0 Å². The third kappa shape index (κ3) is 3.73. The molecule has 0 aliphatic rings. The molecule has 0 aliphatic carbocycles. The van der Waals surface area contributed by atoms with Crippen LogP contribution in [-0.4, -0.2) is 17.4 Å². The summed E-state index contributed by atoms with van der Waals surface area (Å²) in [5.74, 6) is -0.950. The highest BCUT2D eigenvalue weighted by atomic mass is 35.5. The molecule has 2 N–H and O–H groups in total. The van der Waals surface area contributed by atoms with Gasteiger partial charge in [-0.2, -0.15) is 0 Å². The molecular weight excluding hydrogens is 291 g/mol. The maximum atomic E-state index is 13.8. The molecule has 21 heavy (non-hydrogen) atoms. The van der Waals surface area contributed by atoms with E-state index < -0.39 is 5.82 Å². The molecule has 3 nitrogen and oxygen atoms in total. The van der Waals surface area contributed by atoms with E-state index in [1.165, 1.54) is 18.2 Å². The van der Waals surface area contributed by atoms with Crippen molar-refractivity contribution in [1.29, 1.82) is 0 Å². The number of amides is 1. The first-order valence-electron chi connectivity index (χ1n) is 6.60. The van der Waals surface area contributed by atoms with Crippen LogP contribution in [0.3, 0.4) is 0 Å². The zero-order valence-electron chi connectivity index (χ0n) is 11.6. The lowest BCUT2D eigenvalue weighted by Gasteiger charge is -2.21. The van der Waals surface area contributed by atoms with Gasteiger partial charge in [0.1, 0.15) is 5.82 Å². The van der Waals surface area contributed by atoms with Gasteiger partial charge < -0.3 is 10.6 Å². The van der Waals surface area contributed by atoms with Crippen molar-refractivity contribution in [2.45, 2.75) is 13.5 Å². The van der Waals surface area contributed by atoms with Crippen molar-refractivity contribution < 1.29 is 9.18 Å². The van der Waals surface area contributed by atoms with E-state index in [1.54, 1.807) is 17.0 Å². The quantitative estimate of drug-likeness (QED) is 0.875. The molecule has 0 bridgehead atoms. The average Bonchev–Trinajstić information content (AvgIpc) is 2.48. The highest BCUT2D eigenvalue weighted by Crippen LogP contribution is 2.18. The second kappa shape index (κ2) is 6.59. The summed E-state index contributed by atoms with van der Waals surface area (Å²) in [4.78, 5) is 14.0. The summed E-state index contributed by atoms with van der Waals surface area (Å²) in [7, 11) is 0. The number of hydrogen-bond donors (Lipinski definition) is 1. The van der Waals surface area contributed by atoms with Crippen LogP contribution >= 0.6 is 11.6 Å². The summed E-state index contributed by atoms with van der Waals surface area (Å²) in [5.41, 5.74) is 7.21. The predicted octanol–water partition coefficient (Wildman–Crippen LogP) is 3.72. The van der Waals surface area contributed by atoms with Crippen LogP contribution in [-0.2, 0) is 6.54 Å². The Bertz CT molecular complexity index is 643. The van der Waals surface area contributed by atoms with Crippen molar-refractivity contribution >= 4 is 23.2 Å². The molecular formula is C16H16ClFN2O. The molecule has 0 atom stereocenters. The fourth-order valence-electron chi connectivity index (χ4n) is 2.00. The van der Waals surface area contributed by atoms with Gasteiger partial charge in [-0.1, -0.05) is 23.7 Å². The van der Waals surface area contributed by atoms with Crippen LogP contribution < -0.4 is 5.73 Å². The van der Waals surface area contributed by atoms with E-state index >= 15 is 0 Å². The Morgan fingerprint density at radius 1 is 1.24 bits per heavy atom. The molecule has 0 aliphatic heterocycles. The monoisotopic (exact) mass is 306 g/mol. The highest BCUT2D eigenvalue weighted by Gasteiger charge is 2.18. The van der Waals surface area contributed by atoms with Crippen LogP contribution in [0.1, 0.15) is 22.8 Å². The van der Waals surface area contributed by atoms with Gasteiger partial charge in [0.2, 0.25) is 0 Å². The molecule has 1 amide bonds. The fraction of sp³-hybridized carbons (Fsp3) is 0.188. The molecule has 0 heterocycles. The van der Waals surface area contributed by atoms with E-state index in [4.69, 9.17) is 17.3 Å². The average molecular weight is 307 g/mol. The molecule has 2 aromatic rings. The summed E-state index contributed by atoms with van der Waals surface area (Å²) in [6.45, 7) is 2.70. The maximum Gasteiger partial charge on any atom is 0.257 e. The first-order chi connectivity index (χ1) is 10.0. The van der Waals surface area contributed by atoms with Crippen LogP contribution in [0.2, 0.25) is 5.02 Å². The number of halogens is 2. The number of carbonyl (C=O) groups excluding carboxylic acids is 1. The van der Waals surface area contributed by atoms with Crippen molar-refractivity contribution in [3.63, 3.8) is 0 Å². The smallest absolute Gasteiger partial charge is 0.257 e. The zero-order valence-corrected chi connectivity index (χ0v) is 12.4. The van der Waals surface area contributed by atoms with E-state index in [0.29, 0.717) is 23.8 Å². The van der Waals surface area contributed by atoms with Crippen molar-refractivity contribution in [2.75, 3.05) is 12.3 Å². The highest BCUT2D eigenvalue weighted by molar-refractivity contribution is 6.31. The van der Waals surface area contributed by atoms with Gasteiger partial charge in [0.05, 0.1) is 5.56 Å². The van der Waals surface area contributed by atoms with Crippen LogP contribution in [0.5, 0.6) is 0 Å². The first kappa shape index (κ1) is 15.3. The topological polar surface area (TPSA) is 46.3 Å². The maximum absolute atomic E-state index is 13.8. The first-order valence-corrected chi connectivity index (χ1v) is 6.97. The van der Waals surface area contributed by atoms with Crippen LogP contribution in [0, 0.1) is 5.82 Å². The van der Waals surface area contributed by atoms with Gasteiger partial charge >= 0.3 is 0 Å². The molecule has 0 saturated carbocycles. The molecule has 2 rings (SSSR count). The number of nitrogens with zero attached hydrogens (tertiary/aromatic N) is 1. The Morgan fingerprint density at radius 2 is 1.90 bits per heavy atom. The van der Waals surface area contributed by atoms with Gasteiger partial charge in [-0.05, 0) is 42.8 Å². The molecule has 0 aromatic heterocycles. The molecule has 5 heteroatoms. The lowest BCUT2D eigenvalue weighted by Crippen LogP contribution is -2.31. The van der Waals surface area contributed by atoms with Gasteiger partial charge in [0.25, 0.3) is 5.91 Å².